The van der Waals surface area contributed by atoms with Crippen molar-refractivity contribution in [2.24, 2.45) is 0 Å². The number of furan rings is 1. The van der Waals surface area contributed by atoms with Crippen molar-refractivity contribution >= 4 is 60.5 Å². The molecule has 0 amide bonds. The van der Waals surface area contributed by atoms with Crippen LogP contribution in [0, 0.1) is 0 Å². The van der Waals surface area contributed by atoms with Gasteiger partial charge in [-0.2, -0.15) is 0 Å². The first-order valence-electron chi connectivity index (χ1n) is 15.7. The fraction of sp³-hybridized carbons (Fsp3) is 0. The van der Waals surface area contributed by atoms with E-state index in [1.807, 2.05) is 6.07 Å². The van der Waals surface area contributed by atoms with Crippen molar-refractivity contribution in [3.05, 3.63) is 176 Å². The monoisotopic (exact) mass is 587 g/mol. The molecule has 8 aromatic carbocycles. The summed E-state index contributed by atoms with van der Waals surface area (Å²) in [5.74, 6) is 0. The summed E-state index contributed by atoms with van der Waals surface area (Å²) in [4.78, 5) is 2.37. The number of rotatable bonds is 5. The van der Waals surface area contributed by atoms with E-state index in [0.717, 1.165) is 44.6 Å². The Kier molecular flexibility index (Phi) is 6.17. The molecule has 0 unspecified atom stereocenters. The van der Waals surface area contributed by atoms with E-state index in [-0.39, 0.29) is 0 Å². The standard InChI is InChI=1S/C44H29NO/c1-2-15-33(16-3-1)45(34-27-24-31(25-28-34)36-20-10-13-30-12-4-5-17-35(30)36)40-22-8-6-18-37(40)38-21-11-14-32-26-29-42-44(43(32)38)39-19-7-9-23-41(39)46-42/h1-29H. The van der Waals surface area contributed by atoms with Crippen molar-refractivity contribution < 1.29 is 4.42 Å². The van der Waals surface area contributed by atoms with Gasteiger partial charge in [-0.1, -0.05) is 133 Å². The van der Waals surface area contributed by atoms with Crippen molar-refractivity contribution in [3.63, 3.8) is 0 Å². The van der Waals surface area contributed by atoms with Crippen molar-refractivity contribution in [2.45, 2.75) is 0 Å². The van der Waals surface area contributed by atoms with Gasteiger partial charge >= 0.3 is 0 Å². The van der Waals surface area contributed by atoms with Gasteiger partial charge in [0, 0.05) is 33.1 Å². The molecular formula is C44H29NO. The van der Waals surface area contributed by atoms with Crippen molar-refractivity contribution in [3.8, 4) is 22.3 Å². The zero-order valence-electron chi connectivity index (χ0n) is 25.1. The van der Waals surface area contributed by atoms with Crippen LogP contribution in [0.25, 0.3) is 65.7 Å². The molecule has 1 heterocycles. The number of fused-ring (bicyclic) bond motifs is 6. The molecule has 0 aliphatic carbocycles. The summed E-state index contributed by atoms with van der Waals surface area (Å²) in [7, 11) is 0. The van der Waals surface area contributed by atoms with Gasteiger partial charge < -0.3 is 9.32 Å². The second-order valence-corrected chi connectivity index (χ2v) is 11.7. The Morgan fingerprint density at radius 2 is 0.978 bits per heavy atom. The number of anilines is 3. The first-order chi connectivity index (χ1) is 22.8. The van der Waals surface area contributed by atoms with Crippen LogP contribution in [-0.4, -0.2) is 0 Å². The maximum absolute atomic E-state index is 6.33. The molecule has 0 spiro atoms. The summed E-state index contributed by atoms with van der Waals surface area (Å²) >= 11 is 0. The third-order valence-corrected chi connectivity index (χ3v) is 9.06. The van der Waals surface area contributed by atoms with E-state index in [1.54, 1.807) is 0 Å². The molecule has 0 saturated carbocycles. The van der Waals surface area contributed by atoms with Crippen LogP contribution in [0.5, 0.6) is 0 Å². The van der Waals surface area contributed by atoms with Crippen molar-refractivity contribution in [2.75, 3.05) is 4.90 Å². The molecule has 0 aliphatic rings. The van der Waals surface area contributed by atoms with Crippen LogP contribution in [0.4, 0.5) is 17.1 Å². The molecule has 46 heavy (non-hydrogen) atoms. The predicted octanol–water partition coefficient (Wildman–Crippen LogP) is 12.7. The minimum atomic E-state index is 0.905. The minimum Gasteiger partial charge on any atom is -0.456 e. The number of para-hydroxylation sites is 3. The highest BCUT2D eigenvalue weighted by Gasteiger charge is 2.20. The molecule has 0 radical (unpaired) electrons. The lowest BCUT2D eigenvalue weighted by molar-refractivity contribution is 0.669. The summed E-state index contributed by atoms with van der Waals surface area (Å²) in [5, 5.41) is 7.20. The highest BCUT2D eigenvalue weighted by Crippen LogP contribution is 2.45. The number of benzene rings is 8. The highest BCUT2D eigenvalue weighted by molar-refractivity contribution is 6.23. The Morgan fingerprint density at radius 1 is 0.348 bits per heavy atom. The number of hydrogen-bond donors (Lipinski definition) is 0. The Bertz CT molecular complexity index is 2520. The first kappa shape index (κ1) is 26.3. The first-order valence-corrected chi connectivity index (χ1v) is 15.7. The Hall–Kier alpha value is -6.12. The van der Waals surface area contributed by atoms with E-state index < -0.39 is 0 Å². The Balaban J connectivity index is 1.25. The maximum Gasteiger partial charge on any atom is 0.136 e. The molecule has 0 N–H and O–H groups in total. The normalized spacial score (nSPS) is 11.5. The third-order valence-electron chi connectivity index (χ3n) is 9.06. The van der Waals surface area contributed by atoms with E-state index in [9.17, 15) is 0 Å². The van der Waals surface area contributed by atoms with E-state index in [0.29, 0.717) is 0 Å². The van der Waals surface area contributed by atoms with Gasteiger partial charge in [0.1, 0.15) is 11.2 Å². The predicted molar refractivity (Wildman–Crippen MR) is 194 cm³/mol. The highest BCUT2D eigenvalue weighted by atomic mass is 16.3. The van der Waals surface area contributed by atoms with Crippen LogP contribution in [-0.2, 0) is 0 Å². The van der Waals surface area contributed by atoms with E-state index in [1.165, 1.54) is 38.2 Å². The summed E-state index contributed by atoms with van der Waals surface area (Å²) in [6.45, 7) is 0. The SMILES string of the molecule is c1ccc(N(c2ccc(-c3cccc4ccccc34)cc2)c2ccccc2-c2cccc3ccc4oc5ccccc5c4c23)cc1. The van der Waals surface area contributed by atoms with Crippen LogP contribution in [0.3, 0.4) is 0 Å². The van der Waals surface area contributed by atoms with Gasteiger partial charge in [-0.25, -0.2) is 0 Å². The zero-order valence-corrected chi connectivity index (χ0v) is 25.1. The molecule has 0 aliphatic heterocycles. The molecule has 0 bridgehead atoms. The van der Waals surface area contributed by atoms with Crippen LogP contribution >= 0.6 is 0 Å². The van der Waals surface area contributed by atoms with Gasteiger partial charge in [-0.05, 0) is 75.3 Å². The summed E-state index contributed by atoms with van der Waals surface area (Å²) < 4.78 is 6.33. The summed E-state index contributed by atoms with van der Waals surface area (Å²) in [6, 6.07) is 62.7. The molecule has 0 saturated heterocycles. The molecule has 2 heteroatoms. The Morgan fingerprint density at radius 3 is 1.85 bits per heavy atom. The lowest BCUT2D eigenvalue weighted by Gasteiger charge is -2.28. The van der Waals surface area contributed by atoms with Gasteiger partial charge in [-0.3, -0.25) is 0 Å². The van der Waals surface area contributed by atoms with Crippen LogP contribution in [0.2, 0.25) is 0 Å². The van der Waals surface area contributed by atoms with Gasteiger partial charge in [0.15, 0.2) is 0 Å². The molecular weight excluding hydrogens is 558 g/mol. The quantitative estimate of drug-likeness (QED) is 0.199. The van der Waals surface area contributed by atoms with E-state index in [4.69, 9.17) is 4.42 Å². The lowest BCUT2D eigenvalue weighted by Crippen LogP contribution is -2.11. The molecule has 9 aromatic rings. The van der Waals surface area contributed by atoms with Crippen molar-refractivity contribution in [1.82, 2.24) is 0 Å². The van der Waals surface area contributed by atoms with Gasteiger partial charge in [0.2, 0.25) is 0 Å². The lowest BCUT2D eigenvalue weighted by atomic mass is 9.93. The maximum atomic E-state index is 6.33. The van der Waals surface area contributed by atoms with E-state index >= 15 is 0 Å². The zero-order chi connectivity index (χ0) is 30.5. The molecule has 2 nitrogen and oxygen atoms in total. The number of hydrogen-bond acceptors (Lipinski definition) is 2. The fourth-order valence-electron chi connectivity index (χ4n) is 6.99. The molecule has 0 atom stereocenters. The molecule has 0 fully saturated rings. The summed E-state index contributed by atoms with van der Waals surface area (Å²) in [6.07, 6.45) is 0. The van der Waals surface area contributed by atoms with Crippen LogP contribution in [0.15, 0.2) is 180 Å². The summed E-state index contributed by atoms with van der Waals surface area (Å²) in [5.41, 5.74) is 9.91. The molecule has 1 aromatic heterocycles. The third kappa shape index (κ3) is 4.27. The van der Waals surface area contributed by atoms with Crippen molar-refractivity contribution in [1.29, 1.82) is 0 Å². The Labute approximate surface area is 267 Å². The smallest absolute Gasteiger partial charge is 0.136 e. The van der Waals surface area contributed by atoms with E-state index in [2.05, 4.69) is 175 Å². The van der Waals surface area contributed by atoms with Gasteiger partial charge in [0.05, 0.1) is 5.69 Å². The average Bonchev–Trinajstić information content (AvgIpc) is 3.51. The van der Waals surface area contributed by atoms with Crippen LogP contribution in [0.1, 0.15) is 0 Å². The second kappa shape index (κ2) is 10.8. The largest absolute Gasteiger partial charge is 0.456 e. The minimum absolute atomic E-state index is 0.905. The molecule has 216 valence electrons. The molecule has 9 rings (SSSR count). The number of nitrogens with zero attached hydrogens (tertiary/aromatic N) is 1. The topological polar surface area (TPSA) is 16.4 Å². The average molecular weight is 588 g/mol. The second-order valence-electron chi connectivity index (χ2n) is 11.7. The van der Waals surface area contributed by atoms with Crippen LogP contribution < -0.4 is 4.90 Å². The van der Waals surface area contributed by atoms with Gasteiger partial charge in [0.25, 0.3) is 0 Å². The van der Waals surface area contributed by atoms with Gasteiger partial charge in [-0.15, -0.1) is 0 Å². The fourth-order valence-corrected chi connectivity index (χ4v) is 6.99.